The number of benzene rings is 1. The van der Waals surface area contributed by atoms with E-state index in [9.17, 15) is 12.8 Å². The zero-order valence-corrected chi connectivity index (χ0v) is 14.0. The predicted molar refractivity (Wildman–Crippen MR) is 80.1 cm³/mol. The first kappa shape index (κ1) is 16.0. The Bertz CT molecular complexity index is 766. The van der Waals surface area contributed by atoms with Crippen LogP contribution in [0.4, 0.5) is 10.3 Å². The minimum absolute atomic E-state index is 0.0535. The lowest BCUT2D eigenvalue weighted by Crippen LogP contribution is -2.14. The number of rotatable bonds is 3. The van der Waals surface area contributed by atoms with Crippen molar-refractivity contribution < 1.29 is 17.3 Å². The summed E-state index contributed by atoms with van der Waals surface area (Å²) in [5.74, 6) is -0.908. The van der Waals surface area contributed by atoms with Crippen molar-refractivity contribution in [2.45, 2.75) is 31.1 Å². The summed E-state index contributed by atoms with van der Waals surface area (Å²) in [7, 11) is -4.07. The first-order valence-corrected chi connectivity index (χ1v) is 8.32. The van der Waals surface area contributed by atoms with Crippen LogP contribution in [0, 0.1) is 5.82 Å². The zero-order chi connectivity index (χ0) is 15.8. The van der Waals surface area contributed by atoms with E-state index < -0.39 is 20.7 Å². The smallest absolute Gasteiger partial charge is 0.267 e. The van der Waals surface area contributed by atoms with Crippen molar-refractivity contribution in [1.82, 2.24) is 5.16 Å². The molecule has 0 fully saturated rings. The lowest BCUT2D eigenvalue weighted by Gasteiger charge is -2.12. The number of nitrogens with zero attached hydrogens (tertiary/aromatic N) is 1. The van der Waals surface area contributed by atoms with E-state index in [1.54, 1.807) is 0 Å². The summed E-state index contributed by atoms with van der Waals surface area (Å²) < 4.78 is 45.6. The summed E-state index contributed by atoms with van der Waals surface area (Å²) >= 11 is 3.07. The van der Waals surface area contributed by atoms with E-state index in [0.29, 0.717) is 10.2 Å². The van der Waals surface area contributed by atoms with Crippen molar-refractivity contribution >= 4 is 31.8 Å². The van der Waals surface area contributed by atoms with Crippen LogP contribution in [0.2, 0.25) is 0 Å². The zero-order valence-electron chi connectivity index (χ0n) is 11.6. The summed E-state index contributed by atoms with van der Waals surface area (Å²) in [4.78, 5) is -0.459. The van der Waals surface area contributed by atoms with Crippen LogP contribution in [0.1, 0.15) is 26.5 Å². The fraction of sp³-hybridized carbons (Fsp3) is 0.308. The highest BCUT2D eigenvalue weighted by molar-refractivity contribution is 9.10. The number of aromatic nitrogens is 1. The standard InChI is InChI=1S/C13H14BrFN2O3S/c1-13(2,3)11-7-12(20-16-11)17-21(18,19)10-5-4-8(14)6-9(10)15/h4-7,17H,1-3H3. The molecule has 21 heavy (non-hydrogen) atoms. The van der Waals surface area contributed by atoms with Gasteiger partial charge >= 0.3 is 0 Å². The third-order valence-corrected chi connectivity index (χ3v) is 4.57. The lowest BCUT2D eigenvalue weighted by molar-refractivity contribution is 0.405. The number of hydrogen-bond donors (Lipinski definition) is 1. The van der Waals surface area contributed by atoms with Crippen LogP contribution in [0.25, 0.3) is 0 Å². The quantitative estimate of drug-likeness (QED) is 0.886. The molecule has 2 rings (SSSR count). The van der Waals surface area contributed by atoms with E-state index in [2.05, 4.69) is 25.8 Å². The molecular weight excluding hydrogens is 363 g/mol. The van der Waals surface area contributed by atoms with Gasteiger partial charge in [-0.05, 0) is 18.2 Å². The van der Waals surface area contributed by atoms with Crippen molar-refractivity contribution in [2.24, 2.45) is 0 Å². The Labute approximate surface area is 130 Å². The molecule has 0 aliphatic carbocycles. The Morgan fingerprint density at radius 3 is 2.48 bits per heavy atom. The molecule has 114 valence electrons. The summed E-state index contributed by atoms with van der Waals surface area (Å²) in [6.07, 6.45) is 0. The molecule has 1 aromatic heterocycles. The highest BCUT2D eigenvalue weighted by Crippen LogP contribution is 2.26. The summed E-state index contributed by atoms with van der Waals surface area (Å²) in [5, 5.41) is 3.80. The Balaban J connectivity index is 2.31. The van der Waals surface area contributed by atoms with E-state index in [-0.39, 0.29) is 11.3 Å². The second kappa shape index (κ2) is 5.42. The van der Waals surface area contributed by atoms with Crippen molar-refractivity contribution in [3.05, 3.63) is 40.2 Å². The SMILES string of the molecule is CC(C)(C)c1cc(NS(=O)(=O)c2ccc(Br)cc2F)on1. The molecule has 2 aromatic rings. The number of halogens is 2. The second-order valence-electron chi connectivity index (χ2n) is 5.51. The Morgan fingerprint density at radius 1 is 1.29 bits per heavy atom. The predicted octanol–water partition coefficient (Wildman–Crippen LogP) is 3.67. The van der Waals surface area contributed by atoms with Crippen molar-refractivity contribution in [1.29, 1.82) is 0 Å². The minimum atomic E-state index is -4.07. The maximum atomic E-state index is 13.7. The molecule has 8 heteroatoms. The van der Waals surface area contributed by atoms with Gasteiger partial charge in [0.2, 0.25) is 5.88 Å². The van der Waals surface area contributed by atoms with Crippen LogP contribution in [0.5, 0.6) is 0 Å². The Kier molecular flexibility index (Phi) is 4.12. The van der Waals surface area contributed by atoms with E-state index in [4.69, 9.17) is 4.52 Å². The highest BCUT2D eigenvalue weighted by atomic mass is 79.9. The van der Waals surface area contributed by atoms with Crippen molar-refractivity contribution in [2.75, 3.05) is 4.72 Å². The molecule has 1 N–H and O–H groups in total. The van der Waals surface area contributed by atoms with Gasteiger partial charge in [0, 0.05) is 16.0 Å². The maximum Gasteiger partial charge on any atom is 0.267 e. The lowest BCUT2D eigenvalue weighted by atomic mass is 9.92. The fourth-order valence-electron chi connectivity index (χ4n) is 1.56. The molecule has 0 aliphatic rings. The van der Waals surface area contributed by atoms with E-state index in [1.165, 1.54) is 18.2 Å². The third kappa shape index (κ3) is 3.62. The first-order chi connectivity index (χ1) is 9.59. The third-order valence-electron chi connectivity index (χ3n) is 2.70. The molecule has 1 heterocycles. The average Bonchev–Trinajstić information content (AvgIpc) is 2.75. The maximum absolute atomic E-state index is 13.7. The van der Waals surface area contributed by atoms with Gasteiger partial charge in [0.25, 0.3) is 10.0 Å². The van der Waals surface area contributed by atoms with Crippen LogP contribution in [0.3, 0.4) is 0 Å². The van der Waals surface area contributed by atoms with Gasteiger partial charge in [0.1, 0.15) is 10.7 Å². The first-order valence-electron chi connectivity index (χ1n) is 6.05. The van der Waals surface area contributed by atoms with E-state index in [1.807, 2.05) is 20.8 Å². The average molecular weight is 377 g/mol. The van der Waals surface area contributed by atoms with Crippen molar-refractivity contribution in [3.63, 3.8) is 0 Å². The van der Waals surface area contributed by atoms with Gasteiger partial charge < -0.3 is 4.52 Å². The van der Waals surface area contributed by atoms with Crippen molar-refractivity contribution in [3.8, 4) is 0 Å². The van der Waals surface area contributed by atoms with Gasteiger partial charge in [-0.3, -0.25) is 0 Å². The van der Waals surface area contributed by atoms with Crippen LogP contribution >= 0.6 is 15.9 Å². The van der Waals surface area contributed by atoms with Crippen LogP contribution < -0.4 is 4.72 Å². The molecule has 0 radical (unpaired) electrons. The van der Waals surface area contributed by atoms with Crippen LogP contribution in [-0.4, -0.2) is 13.6 Å². The molecule has 0 saturated carbocycles. The second-order valence-corrected chi connectivity index (χ2v) is 8.07. The molecule has 0 spiro atoms. The summed E-state index contributed by atoms with van der Waals surface area (Å²) in [5.41, 5.74) is 0.312. The van der Waals surface area contributed by atoms with E-state index >= 15 is 0 Å². The molecule has 0 saturated heterocycles. The topological polar surface area (TPSA) is 72.2 Å². The summed E-state index contributed by atoms with van der Waals surface area (Å²) in [6, 6.07) is 5.17. The molecule has 1 aromatic carbocycles. The fourth-order valence-corrected chi connectivity index (χ4v) is 2.92. The Hall–Kier alpha value is -1.41. The van der Waals surface area contributed by atoms with Gasteiger partial charge in [0.05, 0.1) is 5.69 Å². The number of nitrogens with one attached hydrogen (secondary N) is 1. The normalized spacial score (nSPS) is 12.4. The number of hydrogen-bond acceptors (Lipinski definition) is 4. The van der Waals surface area contributed by atoms with Gasteiger partial charge in [0.15, 0.2) is 0 Å². The van der Waals surface area contributed by atoms with Crippen LogP contribution in [0.15, 0.2) is 38.2 Å². The van der Waals surface area contributed by atoms with Gasteiger partial charge in [-0.15, -0.1) is 0 Å². The number of anilines is 1. The molecule has 5 nitrogen and oxygen atoms in total. The molecular formula is C13H14BrFN2O3S. The van der Waals surface area contributed by atoms with Crippen LogP contribution in [-0.2, 0) is 15.4 Å². The number of sulfonamides is 1. The molecule has 0 bridgehead atoms. The summed E-state index contributed by atoms with van der Waals surface area (Å²) in [6.45, 7) is 5.74. The Morgan fingerprint density at radius 2 is 1.95 bits per heavy atom. The highest BCUT2D eigenvalue weighted by Gasteiger charge is 2.24. The van der Waals surface area contributed by atoms with E-state index in [0.717, 1.165) is 6.07 Å². The van der Waals surface area contributed by atoms with Gasteiger partial charge in [-0.1, -0.05) is 41.9 Å². The molecule has 0 atom stereocenters. The largest absolute Gasteiger partial charge is 0.338 e. The monoisotopic (exact) mass is 376 g/mol. The van der Waals surface area contributed by atoms with Gasteiger partial charge in [-0.2, -0.15) is 0 Å². The molecule has 0 aliphatic heterocycles. The minimum Gasteiger partial charge on any atom is -0.338 e. The molecule has 0 unspecified atom stereocenters. The van der Waals surface area contributed by atoms with Gasteiger partial charge in [-0.25, -0.2) is 17.5 Å². The molecule has 0 amide bonds.